The first kappa shape index (κ1) is 21.8. The van der Waals surface area contributed by atoms with E-state index in [0.29, 0.717) is 19.6 Å². The fraction of sp³-hybridized carbons (Fsp3) is 0.704. The minimum atomic E-state index is -0.0908. The lowest BCUT2D eigenvalue weighted by Crippen LogP contribution is -2.53. The van der Waals surface area contributed by atoms with Crippen molar-refractivity contribution in [2.45, 2.75) is 77.2 Å². The molecule has 1 heterocycles. The Bertz CT molecular complexity index is 799. The van der Waals surface area contributed by atoms with Gasteiger partial charge in [0.15, 0.2) is 0 Å². The van der Waals surface area contributed by atoms with E-state index in [0.717, 1.165) is 68.6 Å². The molecule has 4 saturated carbocycles. The second-order valence-corrected chi connectivity index (χ2v) is 10.8. The molecule has 5 aliphatic rings. The summed E-state index contributed by atoms with van der Waals surface area (Å²) >= 11 is 0. The van der Waals surface area contributed by atoms with Crippen LogP contribution in [0.1, 0.15) is 82.7 Å². The van der Waals surface area contributed by atoms with E-state index in [1.54, 1.807) is 0 Å². The Morgan fingerprint density at radius 2 is 1.72 bits per heavy atom. The van der Waals surface area contributed by atoms with Crippen LogP contribution in [0.5, 0.6) is 5.75 Å². The number of benzene rings is 1. The normalized spacial score (nSPS) is 32.8. The monoisotopic (exact) mass is 438 g/mol. The van der Waals surface area contributed by atoms with Crippen LogP contribution in [0.25, 0.3) is 0 Å². The summed E-state index contributed by atoms with van der Waals surface area (Å²) < 4.78 is 5.54. The van der Waals surface area contributed by atoms with Gasteiger partial charge in [-0.25, -0.2) is 0 Å². The predicted octanol–water partition coefficient (Wildman–Crippen LogP) is 4.86. The Hall–Kier alpha value is -2.04. The predicted molar refractivity (Wildman–Crippen MR) is 124 cm³/mol. The van der Waals surface area contributed by atoms with Crippen molar-refractivity contribution in [3.63, 3.8) is 0 Å². The Morgan fingerprint density at radius 3 is 2.34 bits per heavy atom. The van der Waals surface area contributed by atoms with E-state index in [1.165, 1.54) is 24.8 Å². The Labute approximate surface area is 192 Å². The molecule has 1 aromatic rings. The molecule has 174 valence electrons. The number of nitrogens with one attached hydrogen (secondary N) is 1. The summed E-state index contributed by atoms with van der Waals surface area (Å²) in [5.74, 6) is 3.71. The number of ether oxygens (including phenoxy) is 1. The second-order valence-electron chi connectivity index (χ2n) is 10.8. The average Bonchev–Trinajstić information content (AvgIpc) is 3.26. The largest absolute Gasteiger partial charge is 0.494 e. The van der Waals surface area contributed by atoms with Gasteiger partial charge in [-0.05, 0) is 100 Å². The average molecular weight is 439 g/mol. The highest BCUT2D eigenvalue weighted by Crippen LogP contribution is 2.60. The fourth-order valence-corrected chi connectivity index (χ4v) is 7.53. The summed E-state index contributed by atoms with van der Waals surface area (Å²) in [5, 5.41) is 3.22. The number of likely N-dealkylation sites (tertiary alicyclic amines) is 1. The lowest BCUT2D eigenvalue weighted by atomic mass is 9.49. The van der Waals surface area contributed by atoms with Crippen LogP contribution in [0.2, 0.25) is 0 Å². The van der Waals surface area contributed by atoms with Gasteiger partial charge in [0, 0.05) is 24.9 Å². The molecule has 32 heavy (non-hydrogen) atoms. The summed E-state index contributed by atoms with van der Waals surface area (Å²) in [4.78, 5) is 28.1. The van der Waals surface area contributed by atoms with Crippen LogP contribution >= 0.6 is 0 Å². The van der Waals surface area contributed by atoms with E-state index in [4.69, 9.17) is 4.74 Å². The molecule has 5 heteroatoms. The highest BCUT2D eigenvalue weighted by atomic mass is 16.5. The molecule has 6 rings (SSSR count). The number of hydrogen-bond acceptors (Lipinski definition) is 3. The molecule has 2 amide bonds. The van der Waals surface area contributed by atoms with E-state index >= 15 is 0 Å². The smallest absolute Gasteiger partial charge is 0.226 e. The Morgan fingerprint density at radius 1 is 1.06 bits per heavy atom. The van der Waals surface area contributed by atoms with Crippen LogP contribution in [0.3, 0.4) is 0 Å². The highest BCUT2D eigenvalue weighted by molar-refractivity contribution is 5.83. The van der Waals surface area contributed by atoms with Crippen LogP contribution in [-0.4, -0.2) is 36.4 Å². The molecule has 4 bridgehead atoms. The van der Waals surface area contributed by atoms with Crippen molar-refractivity contribution < 1.29 is 14.3 Å². The van der Waals surface area contributed by atoms with Crippen LogP contribution in [0, 0.1) is 23.2 Å². The van der Waals surface area contributed by atoms with Gasteiger partial charge in [-0.15, -0.1) is 0 Å². The van der Waals surface area contributed by atoms with Crippen molar-refractivity contribution in [1.82, 2.24) is 10.2 Å². The number of rotatable bonds is 8. The van der Waals surface area contributed by atoms with Crippen molar-refractivity contribution in [2.24, 2.45) is 23.2 Å². The number of amides is 2. The van der Waals surface area contributed by atoms with Gasteiger partial charge in [-0.1, -0.05) is 12.1 Å². The number of hydrogen-bond donors (Lipinski definition) is 1. The van der Waals surface area contributed by atoms with Crippen LogP contribution < -0.4 is 10.1 Å². The van der Waals surface area contributed by atoms with Gasteiger partial charge in [0.25, 0.3) is 0 Å². The van der Waals surface area contributed by atoms with E-state index in [9.17, 15) is 9.59 Å². The molecule has 1 N–H and O–H groups in total. The zero-order valence-electron chi connectivity index (χ0n) is 19.5. The summed E-state index contributed by atoms with van der Waals surface area (Å²) in [5.41, 5.74) is 1.10. The summed E-state index contributed by atoms with van der Waals surface area (Å²) in [6, 6.07) is 8.35. The number of nitrogens with zero attached hydrogens (tertiary/aromatic N) is 1. The van der Waals surface area contributed by atoms with E-state index in [-0.39, 0.29) is 23.3 Å². The molecule has 1 saturated heterocycles. The lowest BCUT2D eigenvalue weighted by molar-refractivity contribution is -0.146. The molecule has 1 aromatic carbocycles. The molecular weight excluding hydrogens is 400 g/mol. The quantitative estimate of drug-likeness (QED) is 0.590. The van der Waals surface area contributed by atoms with Crippen LogP contribution in [0.4, 0.5) is 0 Å². The molecule has 4 aliphatic carbocycles. The zero-order valence-corrected chi connectivity index (χ0v) is 19.5. The van der Waals surface area contributed by atoms with Gasteiger partial charge in [0.2, 0.25) is 11.8 Å². The molecule has 5 nitrogen and oxygen atoms in total. The van der Waals surface area contributed by atoms with Crippen LogP contribution in [0.15, 0.2) is 24.3 Å². The SMILES string of the molecule is CCOc1ccc(C2CCCN2C(=O)CCCNC(=O)C23CC4CC(CC(C4)C2)C3)cc1. The topological polar surface area (TPSA) is 58.6 Å². The molecule has 0 radical (unpaired) electrons. The van der Waals surface area contributed by atoms with Crippen molar-refractivity contribution >= 4 is 11.8 Å². The Balaban J connectivity index is 1.10. The summed E-state index contributed by atoms with van der Waals surface area (Å²) in [6.45, 7) is 4.09. The first-order valence-electron chi connectivity index (χ1n) is 12.9. The number of carbonyl (C=O) groups is 2. The first-order chi connectivity index (χ1) is 15.6. The maximum Gasteiger partial charge on any atom is 0.226 e. The minimum Gasteiger partial charge on any atom is -0.494 e. The molecular formula is C27H38N2O3. The van der Waals surface area contributed by atoms with E-state index in [1.807, 2.05) is 24.0 Å². The van der Waals surface area contributed by atoms with Gasteiger partial charge in [-0.2, -0.15) is 0 Å². The molecule has 0 spiro atoms. The van der Waals surface area contributed by atoms with Crippen LogP contribution in [-0.2, 0) is 9.59 Å². The van der Waals surface area contributed by atoms with Gasteiger partial charge in [0.1, 0.15) is 5.75 Å². The van der Waals surface area contributed by atoms with Gasteiger partial charge in [0.05, 0.1) is 12.6 Å². The van der Waals surface area contributed by atoms with Crippen molar-refractivity contribution in [3.05, 3.63) is 29.8 Å². The second kappa shape index (κ2) is 9.07. The highest BCUT2D eigenvalue weighted by Gasteiger charge is 2.54. The van der Waals surface area contributed by atoms with E-state index < -0.39 is 0 Å². The molecule has 1 unspecified atom stereocenters. The molecule has 1 atom stereocenters. The van der Waals surface area contributed by atoms with E-state index in [2.05, 4.69) is 17.4 Å². The zero-order chi connectivity index (χ0) is 22.1. The van der Waals surface area contributed by atoms with Gasteiger partial charge >= 0.3 is 0 Å². The maximum absolute atomic E-state index is 13.1. The standard InChI is InChI=1S/C27H38N2O3/c1-2-32-23-9-7-22(8-10-23)24-5-4-12-29(24)25(30)6-3-11-28-26(31)27-16-19-13-20(17-27)15-21(14-19)18-27/h7-10,19-21,24H,2-6,11-18H2,1H3,(H,28,31). The minimum absolute atomic E-state index is 0.0908. The number of carbonyl (C=O) groups excluding carboxylic acids is 2. The fourth-order valence-electron chi connectivity index (χ4n) is 7.53. The third-order valence-electron chi connectivity index (χ3n) is 8.52. The third-order valence-corrected chi connectivity index (χ3v) is 8.52. The first-order valence-corrected chi connectivity index (χ1v) is 12.9. The molecule has 0 aromatic heterocycles. The molecule has 5 fully saturated rings. The van der Waals surface area contributed by atoms with Gasteiger partial charge < -0.3 is 15.0 Å². The lowest BCUT2D eigenvalue weighted by Gasteiger charge is -2.55. The maximum atomic E-state index is 13.1. The third kappa shape index (κ3) is 4.27. The van der Waals surface area contributed by atoms with Crippen molar-refractivity contribution in [3.8, 4) is 5.75 Å². The van der Waals surface area contributed by atoms with Gasteiger partial charge in [-0.3, -0.25) is 9.59 Å². The summed E-state index contributed by atoms with van der Waals surface area (Å²) in [7, 11) is 0. The summed E-state index contributed by atoms with van der Waals surface area (Å²) in [6.07, 6.45) is 10.7. The molecule has 1 aliphatic heterocycles. The van der Waals surface area contributed by atoms with Crippen molar-refractivity contribution in [1.29, 1.82) is 0 Å². The Kier molecular flexibility index (Phi) is 6.18. The van der Waals surface area contributed by atoms with Crippen molar-refractivity contribution in [2.75, 3.05) is 19.7 Å².